The Hall–Kier alpha value is -2.66. The molecule has 0 bridgehead atoms. The van der Waals surface area contributed by atoms with Gasteiger partial charge in [-0.2, -0.15) is 0 Å². The van der Waals surface area contributed by atoms with Crippen molar-refractivity contribution in [3.05, 3.63) is 71.8 Å². The summed E-state index contributed by atoms with van der Waals surface area (Å²) in [5.74, 6) is -0.633. The van der Waals surface area contributed by atoms with Crippen LogP contribution in [-0.4, -0.2) is 36.4 Å². The largest absolute Gasteiger partial charge is 0.462 e. The van der Waals surface area contributed by atoms with Crippen molar-refractivity contribution in [3.8, 4) is 0 Å². The fraction of sp³-hybridized carbons (Fsp3) is 0.391. The standard InChI is InChI=1S/C23H28O5/c24-21(16-10-18-28-23(26)20-13-6-2-7-14-20)15-8-3-9-17-27-22(25)19-11-4-1-5-12-19/h1-2,4-7,11-14,21,24H,3,8-10,15-18H2. The second-order valence-electron chi connectivity index (χ2n) is 6.65. The van der Waals surface area contributed by atoms with Crippen LogP contribution in [0, 0.1) is 0 Å². The molecule has 0 fully saturated rings. The lowest BCUT2D eigenvalue weighted by atomic mass is 10.1. The first kappa shape index (κ1) is 21.6. The number of carbonyl (C=O) groups excluding carboxylic acids is 2. The predicted molar refractivity (Wildman–Crippen MR) is 107 cm³/mol. The van der Waals surface area contributed by atoms with Crippen molar-refractivity contribution in [2.24, 2.45) is 0 Å². The maximum atomic E-state index is 11.8. The van der Waals surface area contributed by atoms with Crippen LogP contribution in [-0.2, 0) is 9.47 Å². The van der Waals surface area contributed by atoms with Crippen LogP contribution in [0.15, 0.2) is 60.7 Å². The lowest BCUT2D eigenvalue weighted by Crippen LogP contribution is -2.11. The van der Waals surface area contributed by atoms with Crippen molar-refractivity contribution in [2.75, 3.05) is 13.2 Å². The third-order valence-electron chi connectivity index (χ3n) is 4.35. The van der Waals surface area contributed by atoms with Crippen molar-refractivity contribution < 1.29 is 24.2 Å². The van der Waals surface area contributed by atoms with E-state index < -0.39 is 6.10 Å². The average Bonchev–Trinajstić information content (AvgIpc) is 2.74. The van der Waals surface area contributed by atoms with Gasteiger partial charge in [0.25, 0.3) is 0 Å². The molecule has 150 valence electrons. The van der Waals surface area contributed by atoms with Crippen molar-refractivity contribution in [1.82, 2.24) is 0 Å². The number of carbonyl (C=O) groups is 2. The first-order valence-corrected chi connectivity index (χ1v) is 9.79. The van der Waals surface area contributed by atoms with Crippen LogP contribution in [0.5, 0.6) is 0 Å². The Bertz CT molecular complexity index is 699. The Morgan fingerprint density at radius 2 is 1.14 bits per heavy atom. The Labute approximate surface area is 166 Å². The minimum absolute atomic E-state index is 0.300. The van der Waals surface area contributed by atoms with E-state index in [4.69, 9.17) is 9.47 Å². The first-order chi connectivity index (χ1) is 13.7. The van der Waals surface area contributed by atoms with Gasteiger partial charge < -0.3 is 14.6 Å². The van der Waals surface area contributed by atoms with E-state index in [2.05, 4.69) is 0 Å². The van der Waals surface area contributed by atoms with Crippen LogP contribution in [0.4, 0.5) is 0 Å². The van der Waals surface area contributed by atoms with Crippen molar-refractivity contribution >= 4 is 11.9 Å². The van der Waals surface area contributed by atoms with Gasteiger partial charge in [0.1, 0.15) is 0 Å². The molecule has 2 aromatic carbocycles. The number of hydrogen-bond acceptors (Lipinski definition) is 5. The quantitative estimate of drug-likeness (QED) is 0.434. The van der Waals surface area contributed by atoms with Gasteiger partial charge in [0, 0.05) is 0 Å². The molecular formula is C23H28O5. The molecule has 0 amide bonds. The van der Waals surface area contributed by atoms with Gasteiger partial charge in [-0.1, -0.05) is 42.8 Å². The zero-order valence-electron chi connectivity index (χ0n) is 16.1. The highest BCUT2D eigenvalue weighted by atomic mass is 16.5. The molecular weight excluding hydrogens is 356 g/mol. The van der Waals surface area contributed by atoms with Crippen LogP contribution < -0.4 is 0 Å². The average molecular weight is 384 g/mol. The molecule has 0 saturated heterocycles. The molecule has 0 aliphatic rings. The number of ether oxygens (including phenoxy) is 2. The molecule has 1 atom stereocenters. The second-order valence-corrected chi connectivity index (χ2v) is 6.65. The van der Waals surface area contributed by atoms with Gasteiger partial charge >= 0.3 is 11.9 Å². The number of unbranched alkanes of at least 4 members (excludes halogenated alkanes) is 2. The van der Waals surface area contributed by atoms with Gasteiger partial charge in [-0.05, 0) is 56.4 Å². The van der Waals surface area contributed by atoms with E-state index in [1.807, 2.05) is 12.1 Å². The molecule has 0 spiro atoms. The van der Waals surface area contributed by atoms with E-state index in [1.165, 1.54) is 0 Å². The van der Waals surface area contributed by atoms with Crippen LogP contribution in [0.1, 0.15) is 59.2 Å². The highest BCUT2D eigenvalue weighted by molar-refractivity contribution is 5.89. The zero-order chi connectivity index (χ0) is 20.0. The molecule has 0 heterocycles. The summed E-state index contributed by atoms with van der Waals surface area (Å²) in [7, 11) is 0. The summed E-state index contributed by atoms with van der Waals surface area (Å²) in [6, 6.07) is 17.8. The number of rotatable bonds is 12. The fourth-order valence-electron chi connectivity index (χ4n) is 2.77. The number of aliphatic hydroxyl groups is 1. The topological polar surface area (TPSA) is 72.8 Å². The predicted octanol–water partition coefficient (Wildman–Crippen LogP) is 4.40. The van der Waals surface area contributed by atoms with Crippen LogP contribution in [0.2, 0.25) is 0 Å². The van der Waals surface area contributed by atoms with E-state index in [-0.39, 0.29) is 11.9 Å². The van der Waals surface area contributed by atoms with Gasteiger partial charge in [0.15, 0.2) is 0 Å². The summed E-state index contributed by atoms with van der Waals surface area (Å²) in [6.07, 6.45) is 4.07. The lowest BCUT2D eigenvalue weighted by Gasteiger charge is -2.11. The fourth-order valence-corrected chi connectivity index (χ4v) is 2.77. The monoisotopic (exact) mass is 384 g/mol. The molecule has 0 aromatic heterocycles. The number of esters is 2. The van der Waals surface area contributed by atoms with E-state index in [0.717, 1.165) is 19.3 Å². The zero-order valence-corrected chi connectivity index (χ0v) is 16.1. The van der Waals surface area contributed by atoms with E-state index >= 15 is 0 Å². The van der Waals surface area contributed by atoms with E-state index in [1.54, 1.807) is 48.5 Å². The molecule has 0 radical (unpaired) electrons. The maximum absolute atomic E-state index is 11.8. The Morgan fingerprint density at radius 3 is 1.68 bits per heavy atom. The summed E-state index contributed by atoms with van der Waals surface area (Å²) in [6.45, 7) is 0.694. The molecule has 5 heteroatoms. The van der Waals surface area contributed by atoms with E-state index in [0.29, 0.717) is 43.6 Å². The number of aliphatic hydroxyl groups excluding tert-OH is 1. The van der Waals surface area contributed by atoms with Gasteiger partial charge in [0.05, 0.1) is 30.4 Å². The number of hydrogen-bond donors (Lipinski definition) is 1. The van der Waals surface area contributed by atoms with Crippen LogP contribution >= 0.6 is 0 Å². The summed E-state index contributed by atoms with van der Waals surface area (Å²) < 4.78 is 10.4. The van der Waals surface area contributed by atoms with Gasteiger partial charge in [0.2, 0.25) is 0 Å². The maximum Gasteiger partial charge on any atom is 0.338 e. The van der Waals surface area contributed by atoms with Crippen LogP contribution in [0.25, 0.3) is 0 Å². The Morgan fingerprint density at radius 1 is 0.679 bits per heavy atom. The van der Waals surface area contributed by atoms with Crippen molar-refractivity contribution in [1.29, 1.82) is 0 Å². The highest BCUT2D eigenvalue weighted by Gasteiger charge is 2.08. The third kappa shape index (κ3) is 8.35. The van der Waals surface area contributed by atoms with Crippen molar-refractivity contribution in [3.63, 3.8) is 0 Å². The minimum Gasteiger partial charge on any atom is -0.462 e. The third-order valence-corrected chi connectivity index (χ3v) is 4.35. The lowest BCUT2D eigenvalue weighted by molar-refractivity contribution is 0.0474. The summed E-state index contributed by atoms with van der Waals surface area (Å²) >= 11 is 0. The molecule has 0 aliphatic heterocycles. The first-order valence-electron chi connectivity index (χ1n) is 9.79. The number of benzene rings is 2. The molecule has 2 aromatic rings. The second kappa shape index (κ2) is 12.7. The SMILES string of the molecule is O=C(OCCCCCC(O)CCCOC(=O)c1ccccc1)c1ccccc1. The normalized spacial score (nSPS) is 11.6. The molecule has 28 heavy (non-hydrogen) atoms. The highest BCUT2D eigenvalue weighted by Crippen LogP contribution is 2.10. The summed E-state index contributed by atoms with van der Waals surface area (Å²) in [5, 5.41) is 10.00. The minimum atomic E-state index is -0.401. The summed E-state index contributed by atoms with van der Waals surface area (Å²) in [4.78, 5) is 23.6. The molecule has 1 N–H and O–H groups in total. The smallest absolute Gasteiger partial charge is 0.338 e. The Kier molecular flexibility index (Phi) is 9.80. The molecule has 1 unspecified atom stereocenters. The van der Waals surface area contributed by atoms with Gasteiger partial charge in [-0.3, -0.25) is 0 Å². The van der Waals surface area contributed by atoms with Crippen molar-refractivity contribution in [2.45, 2.75) is 44.6 Å². The molecule has 0 aliphatic carbocycles. The summed E-state index contributed by atoms with van der Waals surface area (Å²) in [5.41, 5.74) is 1.10. The van der Waals surface area contributed by atoms with E-state index in [9.17, 15) is 14.7 Å². The van der Waals surface area contributed by atoms with Gasteiger partial charge in [-0.15, -0.1) is 0 Å². The molecule has 0 saturated carbocycles. The Balaban J connectivity index is 1.45. The van der Waals surface area contributed by atoms with Crippen LogP contribution in [0.3, 0.4) is 0 Å². The molecule has 2 rings (SSSR count). The van der Waals surface area contributed by atoms with Gasteiger partial charge in [-0.25, -0.2) is 9.59 Å². The molecule has 5 nitrogen and oxygen atoms in total.